The molecule has 0 saturated carbocycles. The molecule has 0 aliphatic carbocycles. The van der Waals surface area contributed by atoms with Gasteiger partial charge in [0.05, 0.1) is 24.5 Å². The van der Waals surface area contributed by atoms with Crippen LogP contribution in [-0.4, -0.2) is 52.0 Å². The summed E-state index contributed by atoms with van der Waals surface area (Å²) in [7, 11) is 1.86. The Morgan fingerprint density at radius 2 is 1.83 bits per heavy atom. The molecular formula is C20H28N4O4S2. The summed E-state index contributed by atoms with van der Waals surface area (Å²) in [5.74, 6) is -0.977. The zero-order valence-electron chi connectivity index (χ0n) is 18.2. The van der Waals surface area contributed by atoms with E-state index < -0.39 is 11.9 Å². The number of carbonyl (C=O) groups is 2. The van der Waals surface area contributed by atoms with Gasteiger partial charge in [0.1, 0.15) is 9.88 Å². The number of anilines is 1. The second kappa shape index (κ2) is 10.5. The molecule has 1 N–H and O–H groups in total. The number of hydrogen-bond acceptors (Lipinski definition) is 7. The van der Waals surface area contributed by atoms with Gasteiger partial charge in [-0.05, 0) is 52.4 Å². The highest BCUT2D eigenvalue weighted by Crippen LogP contribution is 2.34. The highest BCUT2D eigenvalue weighted by atomic mass is 32.1. The molecule has 2 aromatic rings. The maximum Gasteiger partial charge on any atom is 0.348 e. The Morgan fingerprint density at radius 3 is 2.40 bits per heavy atom. The molecule has 0 saturated heterocycles. The summed E-state index contributed by atoms with van der Waals surface area (Å²) in [6.07, 6.45) is 1.99. The van der Waals surface area contributed by atoms with Gasteiger partial charge in [-0.25, -0.2) is 9.59 Å². The third kappa shape index (κ3) is 5.37. The number of thiophene rings is 1. The van der Waals surface area contributed by atoms with Crippen LogP contribution >= 0.6 is 23.6 Å². The number of aryl methyl sites for hydroxylation is 2. The SMILES string of the molecule is CCOC(=O)c1sc(NC(=S)N(C)Cc2cn(CC)nc2C)c(C(=O)OCC)c1C. The van der Waals surface area contributed by atoms with Gasteiger partial charge in [-0.15, -0.1) is 11.3 Å². The van der Waals surface area contributed by atoms with E-state index in [2.05, 4.69) is 10.4 Å². The summed E-state index contributed by atoms with van der Waals surface area (Å²) in [5.41, 5.74) is 2.82. The maximum absolute atomic E-state index is 12.5. The molecule has 0 atom stereocenters. The number of nitrogens with one attached hydrogen (secondary N) is 1. The molecule has 2 rings (SSSR count). The van der Waals surface area contributed by atoms with E-state index in [-0.39, 0.29) is 13.2 Å². The average Bonchev–Trinajstić information content (AvgIpc) is 3.21. The Labute approximate surface area is 186 Å². The van der Waals surface area contributed by atoms with Gasteiger partial charge in [-0.1, -0.05) is 0 Å². The van der Waals surface area contributed by atoms with E-state index in [1.165, 1.54) is 0 Å². The van der Waals surface area contributed by atoms with Gasteiger partial charge in [0.2, 0.25) is 0 Å². The average molecular weight is 453 g/mol. The first-order valence-corrected chi connectivity index (χ1v) is 11.0. The summed E-state index contributed by atoms with van der Waals surface area (Å²) < 4.78 is 12.2. The zero-order chi connectivity index (χ0) is 22.4. The lowest BCUT2D eigenvalue weighted by molar-refractivity contribution is 0.0527. The molecule has 0 radical (unpaired) electrons. The summed E-state index contributed by atoms with van der Waals surface area (Å²) in [6.45, 7) is 11.0. The van der Waals surface area contributed by atoms with E-state index in [0.29, 0.717) is 32.7 Å². The monoisotopic (exact) mass is 452 g/mol. The molecule has 2 heterocycles. The summed E-state index contributed by atoms with van der Waals surface area (Å²) in [6, 6.07) is 0. The van der Waals surface area contributed by atoms with Crippen LogP contribution in [0.5, 0.6) is 0 Å². The van der Waals surface area contributed by atoms with Crippen LogP contribution in [0.15, 0.2) is 6.20 Å². The fourth-order valence-corrected chi connectivity index (χ4v) is 4.16. The summed E-state index contributed by atoms with van der Waals surface area (Å²) >= 11 is 6.68. The van der Waals surface area contributed by atoms with E-state index in [1.54, 1.807) is 20.8 Å². The first kappa shape index (κ1) is 23.8. The van der Waals surface area contributed by atoms with Crippen LogP contribution < -0.4 is 5.32 Å². The molecule has 164 valence electrons. The third-order valence-electron chi connectivity index (χ3n) is 4.43. The van der Waals surface area contributed by atoms with Gasteiger partial charge < -0.3 is 19.7 Å². The van der Waals surface area contributed by atoms with Crippen molar-refractivity contribution in [2.24, 2.45) is 0 Å². The molecule has 0 spiro atoms. The Hall–Kier alpha value is -2.46. The minimum atomic E-state index is -0.505. The van der Waals surface area contributed by atoms with Gasteiger partial charge in [0.15, 0.2) is 5.11 Å². The second-order valence-electron chi connectivity index (χ2n) is 6.58. The second-order valence-corrected chi connectivity index (χ2v) is 7.99. The molecule has 30 heavy (non-hydrogen) atoms. The Kier molecular flexibility index (Phi) is 8.36. The lowest BCUT2D eigenvalue weighted by Gasteiger charge is -2.20. The quantitative estimate of drug-likeness (QED) is 0.479. The topological polar surface area (TPSA) is 85.7 Å². The number of aromatic nitrogens is 2. The Morgan fingerprint density at radius 1 is 1.20 bits per heavy atom. The van der Waals surface area contributed by atoms with Crippen molar-refractivity contribution in [3.05, 3.63) is 33.5 Å². The van der Waals surface area contributed by atoms with E-state index in [0.717, 1.165) is 29.1 Å². The minimum Gasteiger partial charge on any atom is -0.462 e. The van der Waals surface area contributed by atoms with Crippen molar-refractivity contribution in [3.8, 4) is 0 Å². The molecule has 8 nitrogen and oxygen atoms in total. The molecule has 0 aliphatic rings. The number of hydrogen-bond donors (Lipinski definition) is 1. The van der Waals surface area contributed by atoms with Crippen LogP contribution in [0.4, 0.5) is 5.00 Å². The maximum atomic E-state index is 12.5. The third-order valence-corrected chi connectivity index (χ3v) is 6.03. The van der Waals surface area contributed by atoms with Crippen molar-refractivity contribution in [2.45, 2.75) is 47.7 Å². The lowest BCUT2D eigenvalue weighted by Crippen LogP contribution is -2.31. The summed E-state index contributed by atoms with van der Waals surface area (Å²) in [5, 5.41) is 8.44. The van der Waals surface area contributed by atoms with Crippen molar-refractivity contribution in [3.63, 3.8) is 0 Å². The van der Waals surface area contributed by atoms with Crippen LogP contribution in [0.3, 0.4) is 0 Å². The molecule has 0 aliphatic heterocycles. The van der Waals surface area contributed by atoms with Crippen LogP contribution in [0.2, 0.25) is 0 Å². The molecular weight excluding hydrogens is 424 g/mol. The molecule has 0 bridgehead atoms. The number of thiocarbonyl (C=S) groups is 1. The minimum absolute atomic E-state index is 0.230. The molecule has 10 heteroatoms. The van der Waals surface area contributed by atoms with E-state index >= 15 is 0 Å². The van der Waals surface area contributed by atoms with Crippen molar-refractivity contribution in [2.75, 3.05) is 25.6 Å². The largest absolute Gasteiger partial charge is 0.462 e. The van der Waals surface area contributed by atoms with Gasteiger partial charge in [-0.3, -0.25) is 4.68 Å². The van der Waals surface area contributed by atoms with E-state index in [9.17, 15) is 9.59 Å². The predicted molar refractivity (Wildman–Crippen MR) is 121 cm³/mol. The zero-order valence-corrected chi connectivity index (χ0v) is 19.8. The molecule has 0 aromatic carbocycles. The molecule has 0 amide bonds. The van der Waals surface area contributed by atoms with Crippen LogP contribution in [-0.2, 0) is 22.6 Å². The standard InChI is InChI=1S/C20H28N4O4S2/c1-7-24-11-14(13(5)22-24)10-23(6)20(29)21-17-15(18(25)27-8-2)12(4)16(30-17)19(26)28-9-3/h11H,7-10H2,1-6H3,(H,21,29). The first-order valence-electron chi connectivity index (χ1n) is 9.75. The van der Waals surface area contributed by atoms with Gasteiger partial charge in [-0.2, -0.15) is 5.10 Å². The van der Waals surface area contributed by atoms with Crippen molar-refractivity contribution in [1.82, 2.24) is 14.7 Å². The number of ether oxygens (including phenoxy) is 2. The van der Waals surface area contributed by atoms with Gasteiger partial charge >= 0.3 is 11.9 Å². The number of rotatable bonds is 8. The molecule has 0 fully saturated rings. The van der Waals surface area contributed by atoms with Gasteiger partial charge in [0.25, 0.3) is 0 Å². The molecule has 2 aromatic heterocycles. The first-order chi connectivity index (χ1) is 14.2. The highest BCUT2D eigenvalue weighted by molar-refractivity contribution is 7.80. The Bertz CT molecular complexity index is 936. The van der Waals surface area contributed by atoms with Gasteiger partial charge in [0, 0.05) is 31.9 Å². The van der Waals surface area contributed by atoms with Crippen molar-refractivity contribution in [1.29, 1.82) is 0 Å². The number of carbonyl (C=O) groups excluding carboxylic acids is 2. The number of nitrogens with zero attached hydrogens (tertiary/aromatic N) is 3. The summed E-state index contributed by atoms with van der Waals surface area (Å²) in [4.78, 5) is 27.0. The fraction of sp³-hybridized carbons (Fsp3) is 0.500. The normalized spacial score (nSPS) is 10.6. The fourth-order valence-electron chi connectivity index (χ4n) is 2.84. The lowest BCUT2D eigenvalue weighted by atomic mass is 10.1. The van der Waals surface area contributed by atoms with E-state index in [1.807, 2.05) is 36.7 Å². The number of esters is 2. The highest BCUT2D eigenvalue weighted by Gasteiger charge is 2.27. The Balaban J connectivity index is 2.27. The van der Waals surface area contributed by atoms with Crippen molar-refractivity contribution < 1.29 is 19.1 Å². The molecule has 0 unspecified atom stereocenters. The predicted octanol–water partition coefficient (Wildman–Crippen LogP) is 3.76. The van der Waals surface area contributed by atoms with Crippen LogP contribution in [0.1, 0.15) is 57.6 Å². The van der Waals surface area contributed by atoms with Crippen molar-refractivity contribution >= 4 is 45.6 Å². The smallest absolute Gasteiger partial charge is 0.348 e. The van der Waals surface area contributed by atoms with E-state index in [4.69, 9.17) is 21.7 Å². The van der Waals surface area contributed by atoms with Crippen LogP contribution in [0.25, 0.3) is 0 Å². The van der Waals surface area contributed by atoms with Crippen LogP contribution in [0, 0.1) is 13.8 Å².